The summed E-state index contributed by atoms with van der Waals surface area (Å²) in [4.78, 5) is 0. The van der Waals surface area contributed by atoms with Crippen LogP contribution in [0.1, 0.15) is 38.5 Å². The van der Waals surface area contributed by atoms with Crippen LogP contribution in [0.15, 0.2) is 23.8 Å². The van der Waals surface area contributed by atoms with Gasteiger partial charge in [-0.1, -0.05) is 43.1 Å². The van der Waals surface area contributed by atoms with E-state index in [4.69, 9.17) is 0 Å². The molecule has 0 aromatic rings. The molecule has 0 spiro atoms. The van der Waals surface area contributed by atoms with Crippen LogP contribution in [0.3, 0.4) is 0 Å². The third-order valence-electron chi connectivity index (χ3n) is 2.93. The van der Waals surface area contributed by atoms with Crippen molar-refractivity contribution >= 4 is 18.9 Å². The molecule has 0 aromatic heterocycles. The van der Waals surface area contributed by atoms with E-state index in [0.717, 1.165) is 5.92 Å². The molecule has 0 aliphatic heterocycles. The zero-order chi connectivity index (χ0) is 7.52. The molecule has 62 valence electrons. The van der Waals surface area contributed by atoms with E-state index in [1.54, 1.807) is 5.57 Å². The number of hydrogen-bond acceptors (Lipinski definition) is 0. The van der Waals surface area contributed by atoms with E-state index in [1.807, 2.05) is 0 Å². The maximum atomic E-state index is 2.33. The Morgan fingerprint density at radius 1 is 1.08 bits per heavy atom. The summed E-state index contributed by atoms with van der Waals surface area (Å²) in [5.41, 5.74) is 1.70. The van der Waals surface area contributed by atoms with Gasteiger partial charge >= 0.3 is 18.9 Å². The van der Waals surface area contributed by atoms with Crippen LogP contribution < -0.4 is 0 Å². The molecule has 0 saturated heterocycles. The molecule has 12 heavy (non-hydrogen) atoms. The summed E-state index contributed by atoms with van der Waals surface area (Å²) in [6.07, 6.45) is 15.4. The van der Waals surface area contributed by atoms with Gasteiger partial charge in [-0.3, -0.25) is 0 Å². The maximum absolute atomic E-state index is 2.33. The second kappa shape index (κ2) is 4.95. The second-order valence-corrected chi connectivity index (χ2v) is 3.71. The van der Waals surface area contributed by atoms with E-state index in [0.29, 0.717) is 0 Å². The van der Waals surface area contributed by atoms with E-state index < -0.39 is 0 Å². The molecule has 0 nitrogen and oxygen atoms in total. The van der Waals surface area contributed by atoms with Crippen molar-refractivity contribution in [2.75, 3.05) is 0 Å². The van der Waals surface area contributed by atoms with Gasteiger partial charge in [-0.2, -0.15) is 0 Å². The summed E-state index contributed by atoms with van der Waals surface area (Å²) in [5, 5.41) is 0. The van der Waals surface area contributed by atoms with Crippen molar-refractivity contribution in [3.63, 3.8) is 0 Å². The molecular weight excluding hydrogens is 139 g/mol. The van der Waals surface area contributed by atoms with Crippen molar-refractivity contribution in [3.8, 4) is 0 Å². The molecule has 2 aliphatic rings. The molecule has 0 atom stereocenters. The average molecular weight is 156 g/mol. The second-order valence-electron chi connectivity index (χ2n) is 3.71. The van der Waals surface area contributed by atoms with Crippen molar-refractivity contribution in [2.45, 2.75) is 38.5 Å². The first-order valence-electron chi connectivity index (χ1n) is 4.82. The van der Waals surface area contributed by atoms with E-state index in [9.17, 15) is 0 Å². The topological polar surface area (TPSA) is 0 Å². The molecule has 1 saturated carbocycles. The van der Waals surface area contributed by atoms with Crippen molar-refractivity contribution in [3.05, 3.63) is 23.8 Å². The molecule has 0 N–H and O–H groups in total. The Morgan fingerprint density at radius 2 is 1.83 bits per heavy atom. The van der Waals surface area contributed by atoms with Gasteiger partial charge in [0.15, 0.2) is 0 Å². The van der Waals surface area contributed by atoms with Crippen molar-refractivity contribution in [2.24, 2.45) is 5.92 Å². The average Bonchev–Trinajstić information content (AvgIpc) is 2.58. The van der Waals surface area contributed by atoms with Crippen LogP contribution in [0.25, 0.3) is 0 Å². The van der Waals surface area contributed by atoms with Crippen LogP contribution in [-0.2, 0) is 0 Å². The quantitative estimate of drug-likeness (QED) is 0.512. The van der Waals surface area contributed by atoms with E-state index >= 15 is 0 Å². The molecule has 1 fully saturated rings. The van der Waals surface area contributed by atoms with Gasteiger partial charge in [-0.05, 0) is 25.2 Å². The number of rotatable bonds is 1. The number of allylic oxidation sites excluding steroid dienone is 4. The fourth-order valence-electron chi connectivity index (χ4n) is 2.24. The van der Waals surface area contributed by atoms with Gasteiger partial charge in [0.25, 0.3) is 0 Å². The third kappa shape index (κ3) is 2.28. The van der Waals surface area contributed by atoms with Crippen molar-refractivity contribution in [1.82, 2.24) is 0 Å². The van der Waals surface area contributed by atoms with Crippen LogP contribution in [0.2, 0.25) is 0 Å². The normalized spacial score (nSPS) is 23.5. The van der Waals surface area contributed by atoms with Crippen LogP contribution in [0.4, 0.5) is 0 Å². The fourth-order valence-corrected chi connectivity index (χ4v) is 2.24. The molecule has 1 heteroatoms. The standard InChI is InChI=1S/C11H16.Li.H/c1-2-6-10(7-3-1)11-8-4-5-9-11;;/h4-5,8,10H,1-3,6-7,9H2;;. The Labute approximate surface area is 87.3 Å². The first kappa shape index (κ1) is 10.2. The SMILES string of the molecule is C1=CCC(C2CCCCC2)=C1.[LiH]. The van der Waals surface area contributed by atoms with Gasteiger partial charge < -0.3 is 0 Å². The summed E-state index contributed by atoms with van der Waals surface area (Å²) in [6, 6.07) is 0. The predicted octanol–water partition coefficient (Wildman–Crippen LogP) is 2.80. The van der Waals surface area contributed by atoms with Gasteiger partial charge in [0.05, 0.1) is 0 Å². The molecule has 0 heterocycles. The van der Waals surface area contributed by atoms with E-state index in [2.05, 4.69) is 18.2 Å². The van der Waals surface area contributed by atoms with Gasteiger partial charge in [-0.25, -0.2) is 0 Å². The third-order valence-corrected chi connectivity index (χ3v) is 2.93. The fraction of sp³-hybridized carbons (Fsp3) is 0.636. The molecular formula is C11H17Li. The molecule has 0 aromatic carbocycles. The van der Waals surface area contributed by atoms with Gasteiger partial charge in [0, 0.05) is 0 Å². The van der Waals surface area contributed by atoms with Crippen LogP contribution in [0, 0.1) is 5.92 Å². The minimum atomic E-state index is 0. The van der Waals surface area contributed by atoms with Crippen LogP contribution >= 0.6 is 0 Å². The molecule has 0 amide bonds. The van der Waals surface area contributed by atoms with Crippen molar-refractivity contribution < 1.29 is 0 Å². The summed E-state index contributed by atoms with van der Waals surface area (Å²) < 4.78 is 0. The molecule has 0 bridgehead atoms. The zero-order valence-corrected chi connectivity index (χ0v) is 7.05. The Bertz CT molecular complexity index is 185. The Hall–Kier alpha value is 0.0774. The van der Waals surface area contributed by atoms with Gasteiger partial charge in [0.2, 0.25) is 0 Å². The first-order valence-corrected chi connectivity index (χ1v) is 4.82. The summed E-state index contributed by atoms with van der Waals surface area (Å²) in [5.74, 6) is 0.943. The van der Waals surface area contributed by atoms with Crippen LogP contribution in [-0.4, -0.2) is 18.9 Å². The Kier molecular flexibility index (Phi) is 4.19. The van der Waals surface area contributed by atoms with E-state index in [1.165, 1.54) is 38.5 Å². The zero-order valence-electron chi connectivity index (χ0n) is 7.05. The summed E-state index contributed by atoms with van der Waals surface area (Å²) >= 11 is 0. The summed E-state index contributed by atoms with van der Waals surface area (Å²) in [6.45, 7) is 0. The molecule has 2 aliphatic carbocycles. The molecule has 2 rings (SSSR count). The molecule has 0 radical (unpaired) electrons. The first-order chi connectivity index (χ1) is 5.47. The van der Waals surface area contributed by atoms with Gasteiger partial charge in [0.1, 0.15) is 0 Å². The Morgan fingerprint density at radius 3 is 2.42 bits per heavy atom. The molecule has 0 unspecified atom stereocenters. The number of hydrogen-bond donors (Lipinski definition) is 0. The van der Waals surface area contributed by atoms with Crippen LogP contribution in [0.5, 0.6) is 0 Å². The predicted molar refractivity (Wildman–Crippen MR) is 55.6 cm³/mol. The van der Waals surface area contributed by atoms with Crippen molar-refractivity contribution in [1.29, 1.82) is 0 Å². The van der Waals surface area contributed by atoms with Gasteiger partial charge in [-0.15, -0.1) is 0 Å². The van der Waals surface area contributed by atoms with E-state index in [-0.39, 0.29) is 18.9 Å². The minimum absolute atomic E-state index is 0. The summed E-state index contributed by atoms with van der Waals surface area (Å²) in [7, 11) is 0. The monoisotopic (exact) mass is 156 g/mol. The Balaban J connectivity index is 0.000000720.